The van der Waals surface area contributed by atoms with Gasteiger partial charge in [-0.1, -0.05) is 54.3 Å². The zero-order valence-corrected chi connectivity index (χ0v) is 15.1. The molecule has 0 heterocycles. The molecule has 2 aliphatic carbocycles. The third-order valence-corrected chi connectivity index (χ3v) is 4.86. The number of rotatable bonds is 3. The van der Waals surface area contributed by atoms with Gasteiger partial charge in [-0.05, 0) is 23.8 Å². The maximum absolute atomic E-state index is 12.4. The van der Waals surface area contributed by atoms with Gasteiger partial charge in [0.05, 0.1) is 16.7 Å². The van der Waals surface area contributed by atoms with Gasteiger partial charge in [0.1, 0.15) is 0 Å². The zero-order chi connectivity index (χ0) is 20.7. The van der Waals surface area contributed by atoms with Gasteiger partial charge in [0.15, 0.2) is 17.3 Å². The number of benzene rings is 2. The molecule has 0 amide bonds. The molecule has 142 valence electrons. The van der Waals surface area contributed by atoms with Crippen LogP contribution in [0.5, 0.6) is 0 Å². The van der Waals surface area contributed by atoms with E-state index < -0.39 is 11.6 Å². The van der Waals surface area contributed by atoms with Gasteiger partial charge in [-0.2, -0.15) is 0 Å². The van der Waals surface area contributed by atoms with Gasteiger partial charge in [0.25, 0.3) is 0 Å². The summed E-state index contributed by atoms with van der Waals surface area (Å²) < 4.78 is 0. The molecule has 29 heavy (non-hydrogen) atoms. The lowest BCUT2D eigenvalue weighted by Crippen LogP contribution is -2.02. The molecule has 0 spiro atoms. The van der Waals surface area contributed by atoms with Crippen LogP contribution in [-0.2, 0) is 0 Å². The second-order valence-corrected chi connectivity index (χ2v) is 6.59. The van der Waals surface area contributed by atoms with Crippen LogP contribution in [0.25, 0.3) is 5.76 Å². The summed E-state index contributed by atoms with van der Waals surface area (Å²) in [5.74, 6) is -1.60. The highest BCUT2D eigenvalue weighted by atomic mass is 16.3. The maximum atomic E-state index is 12.4. The highest BCUT2D eigenvalue weighted by Crippen LogP contribution is 2.33. The van der Waals surface area contributed by atoms with E-state index in [1.807, 2.05) is 0 Å². The number of ketones is 3. The Hall–Kier alpha value is -4.19. The summed E-state index contributed by atoms with van der Waals surface area (Å²) in [6, 6.07) is 9.52. The van der Waals surface area contributed by atoms with E-state index >= 15 is 0 Å². The third kappa shape index (κ3) is 2.78. The van der Waals surface area contributed by atoms with Crippen LogP contribution < -0.4 is 16.6 Å². The van der Waals surface area contributed by atoms with Crippen molar-refractivity contribution in [2.45, 2.75) is 0 Å². The lowest BCUT2D eigenvalue weighted by molar-refractivity contribution is -0.244. The van der Waals surface area contributed by atoms with Crippen LogP contribution in [0.2, 0.25) is 0 Å². The number of carbonyl (C=O) groups excluding carboxylic acids is 3. The molecule has 4 rings (SSSR count). The number of hydrogen-bond donors (Lipinski definition) is 2. The van der Waals surface area contributed by atoms with Gasteiger partial charge in [-0.25, -0.2) is 0 Å². The summed E-state index contributed by atoms with van der Waals surface area (Å²) in [5, 5.41) is 12.4. The number of anilines is 2. The zero-order valence-electron chi connectivity index (χ0n) is 15.1. The molecule has 2 aliphatic rings. The van der Waals surface area contributed by atoms with Crippen molar-refractivity contribution >= 4 is 34.5 Å². The molecule has 0 aromatic heterocycles. The van der Waals surface area contributed by atoms with Gasteiger partial charge in [-0.15, -0.1) is 0 Å². The smallest absolute Gasteiger partial charge is 0.199 e. The van der Waals surface area contributed by atoms with Crippen molar-refractivity contribution in [3.63, 3.8) is 0 Å². The first-order valence-corrected chi connectivity index (χ1v) is 8.79. The second kappa shape index (κ2) is 6.76. The van der Waals surface area contributed by atoms with Crippen LogP contribution >= 0.6 is 0 Å². The molecule has 0 unspecified atom stereocenters. The summed E-state index contributed by atoms with van der Waals surface area (Å²) >= 11 is 0. The summed E-state index contributed by atoms with van der Waals surface area (Å²) in [6.07, 6.45) is 7.30. The van der Waals surface area contributed by atoms with Gasteiger partial charge in [-0.3, -0.25) is 14.4 Å². The van der Waals surface area contributed by atoms with Crippen molar-refractivity contribution < 1.29 is 19.5 Å². The molecule has 2 aromatic rings. The number of nitrogen functional groups attached to an aromatic ring is 2. The molecule has 0 saturated carbocycles. The van der Waals surface area contributed by atoms with Gasteiger partial charge >= 0.3 is 0 Å². The van der Waals surface area contributed by atoms with E-state index in [1.165, 1.54) is 30.4 Å². The Morgan fingerprint density at radius 2 is 1.34 bits per heavy atom. The number of nitrogens with two attached hydrogens (primary N) is 2. The highest BCUT2D eigenvalue weighted by Gasteiger charge is 2.34. The summed E-state index contributed by atoms with van der Waals surface area (Å²) in [4.78, 5) is 37.2. The SMILES string of the molecule is Nc1cccc2c1C(=O)C(=CC=CC=CC1=C([O-])c3cccc(N)c3C1=O)C2=O. The summed E-state index contributed by atoms with van der Waals surface area (Å²) in [7, 11) is 0. The van der Waals surface area contributed by atoms with Crippen LogP contribution in [0, 0.1) is 0 Å². The molecule has 0 aliphatic heterocycles. The van der Waals surface area contributed by atoms with Crippen molar-refractivity contribution in [3.05, 3.63) is 100 Å². The fourth-order valence-electron chi connectivity index (χ4n) is 3.46. The van der Waals surface area contributed by atoms with Gasteiger partial charge in [0, 0.05) is 22.5 Å². The van der Waals surface area contributed by atoms with E-state index in [4.69, 9.17) is 11.5 Å². The van der Waals surface area contributed by atoms with Gasteiger partial charge in [0.2, 0.25) is 0 Å². The quantitative estimate of drug-likeness (QED) is 0.362. The maximum Gasteiger partial charge on any atom is 0.199 e. The molecule has 0 saturated heterocycles. The first-order chi connectivity index (χ1) is 13.9. The minimum Gasteiger partial charge on any atom is -0.872 e. The van der Waals surface area contributed by atoms with E-state index in [-0.39, 0.29) is 45.2 Å². The molecule has 6 nitrogen and oxygen atoms in total. The number of allylic oxidation sites excluding steroid dienone is 7. The van der Waals surface area contributed by atoms with Crippen molar-refractivity contribution in [2.75, 3.05) is 11.5 Å². The lowest BCUT2D eigenvalue weighted by atomic mass is 10.1. The number of hydrogen-bond acceptors (Lipinski definition) is 6. The molecule has 2 aromatic carbocycles. The Balaban J connectivity index is 1.55. The fourth-order valence-corrected chi connectivity index (χ4v) is 3.46. The first-order valence-electron chi connectivity index (χ1n) is 8.79. The van der Waals surface area contributed by atoms with E-state index in [9.17, 15) is 19.5 Å². The first kappa shape index (κ1) is 18.2. The number of fused-ring (bicyclic) bond motifs is 2. The third-order valence-electron chi connectivity index (χ3n) is 4.86. The molecular weight excluding hydrogens is 368 g/mol. The topological polar surface area (TPSA) is 126 Å². The minimum absolute atomic E-state index is 0.0170. The number of carbonyl (C=O) groups is 3. The molecule has 4 N–H and O–H groups in total. The highest BCUT2D eigenvalue weighted by molar-refractivity contribution is 6.40. The normalized spacial score (nSPS) is 17.2. The Kier molecular flexibility index (Phi) is 4.24. The van der Waals surface area contributed by atoms with E-state index in [0.717, 1.165) is 0 Å². The van der Waals surface area contributed by atoms with Crippen LogP contribution in [0.4, 0.5) is 11.4 Å². The summed E-state index contributed by atoms with van der Waals surface area (Å²) in [6.45, 7) is 0. The standard InChI is InChI=1S/C23H16N2O4/c24-16-10-4-8-12-18(16)22(28)14(20(12)26)6-2-1-3-7-15-21(27)13-9-5-11-17(25)19(13)23(15)29/h1-11,26H,24-25H2/p-1. The van der Waals surface area contributed by atoms with E-state index in [1.54, 1.807) is 36.4 Å². The predicted molar refractivity (Wildman–Crippen MR) is 108 cm³/mol. The molecule has 6 heteroatoms. The van der Waals surface area contributed by atoms with Crippen LogP contribution in [0.3, 0.4) is 0 Å². The molecule has 0 bridgehead atoms. The van der Waals surface area contributed by atoms with Crippen LogP contribution in [0.15, 0.2) is 77.9 Å². The number of Topliss-reactive ketones (excluding diaryl/α,β-unsaturated/α-hetero) is 3. The van der Waals surface area contributed by atoms with Crippen molar-refractivity contribution in [1.82, 2.24) is 0 Å². The van der Waals surface area contributed by atoms with Crippen molar-refractivity contribution in [1.29, 1.82) is 0 Å². The van der Waals surface area contributed by atoms with E-state index in [0.29, 0.717) is 11.1 Å². The van der Waals surface area contributed by atoms with E-state index in [2.05, 4.69) is 0 Å². The van der Waals surface area contributed by atoms with Crippen LogP contribution in [0.1, 0.15) is 36.6 Å². The predicted octanol–water partition coefficient (Wildman–Crippen LogP) is 2.24. The molecule has 0 atom stereocenters. The summed E-state index contributed by atoms with van der Waals surface area (Å²) in [5.41, 5.74) is 13.2. The molecule has 0 radical (unpaired) electrons. The van der Waals surface area contributed by atoms with Crippen molar-refractivity contribution in [2.24, 2.45) is 0 Å². The van der Waals surface area contributed by atoms with Crippen LogP contribution in [-0.4, -0.2) is 17.3 Å². The largest absolute Gasteiger partial charge is 0.872 e. The molecule has 0 fully saturated rings. The Morgan fingerprint density at radius 3 is 1.97 bits per heavy atom. The Labute approximate surface area is 166 Å². The fraction of sp³-hybridized carbons (Fsp3) is 0. The van der Waals surface area contributed by atoms with Gasteiger partial charge < -0.3 is 16.6 Å². The Morgan fingerprint density at radius 1 is 0.724 bits per heavy atom. The molecular formula is C23H15N2O4-. The minimum atomic E-state index is -0.418. The second-order valence-electron chi connectivity index (χ2n) is 6.59. The monoisotopic (exact) mass is 383 g/mol. The Bertz CT molecular complexity index is 1230. The average Bonchev–Trinajstić information content (AvgIpc) is 3.09. The lowest BCUT2D eigenvalue weighted by Gasteiger charge is -2.09. The van der Waals surface area contributed by atoms with Crippen molar-refractivity contribution in [3.8, 4) is 0 Å². The average molecular weight is 383 g/mol.